The molecule has 1 aliphatic heterocycles. The first-order chi connectivity index (χ1) is 9.23. The zero-order valence-electron chi connectivity index (χ0n) is 11.6. The predicted octanol–water partition coefficient (Wildman–Crippen LogP) is 4.14. The van der Waals surface area contributed by atoms with Gasteiger partial charge in [0.05, 0.1) is 5.56 Å². The highest BCUT2D eigenvalue weighted by atomic mass is 19.4. The summed E-state index contributed by atoms with van der Waals surface area (Å²) in [5.41, 5.74) is -0.488. The number of benzene rings is 1. The van der Waals surface area contributed by atoms with Crippen LogP contribution in [0.15, 0.2) is 18.2 Å². The molecular weight excluding hydrogens is 267 g/mol. The first-order valence-corrected chi connectivity index (χ1v) is 6.64. The second kappa shape index (κ2) is 5.11. The molecular formula is C15H18F3NO. The maximum atomic E-state index is 13.2. The van der Waals surface area contributed by atoms with Gasteiger partial charge in [0.25, 0.3) is 0 Å². The van der Waals surface area contributed by atoms with Crippen LogP contribution in [0.4, 0.5) is 18.9 Å². The SMILES string of the molecule is CC1(C)CCCN(c2ccc(C=O)cc2C(F)(F)F)C1. The third-order valence-corrected chi connectivity index (χ3v) is 3.70. The van der Waals surface area contributed by atoms with E-state index < -0.39 is 11.7 Å². The lowest BCUT2D eigenvalue weighted by Gasteiger charge is -2.40. The Labute approximate surface area is 116 Å². The number of piperidine rings is 1. The van der Waals surface area contributed by atoms with Gasteiger partial charge >= 0.3 is 6.18 Å². The molecule has 1 aliphatic rings. The maximum Gasteiger partial charge on any atom is 0.418 e. The van der Waals surface area contributed by atoms with Gasteiger partial charge < -0.3 is 4.90 Å². The minimum atomic E-state index is -4.45. The summed E-state index contributed by atoms with van der Waals surface area (Å²) in [6, 6.07) is 3.79. The minimum Gasteiger partial charge on any atom is -0.371 e. The van der Waals surface area contributed by atoms with Crippen LogP contribution in [0.25, 0.3) is 0 Å². The van der Waals surface area contributed by atoms with Crippen molar-refractivity contribution in [2.24, 2.45) is 5.41 Å². The van der Waals surface area contributed by atoms with Crippen LogP contribution >= 0.6 is 0 Å². The Hall–Kier alpha value is -1.52. The van der Waals surface area contributed by atoms with Gasteiger partial charge in [-0.05, 0) is 36.5 Å². The molecule has 0 amide bonds. The Balaban J connectivity index is 2.43. The molecule has 0 saturated carbocycles. The summed E-state index contributed by atoms with van der Waals surface area (Å²) in [5.74, 6) is 0. The molecule has 0 aromatic heterocycles. The zero-order valence-corrected chi connectivity index (χ0v) is 11.6. The van der Waals surface area contributed by atoms with Crippen LogP contribution in [0, 0.1) is 5.41 Å². The molecule has 0 radical (unpaired) electrons. The molecule has 20 heavy (non-hydrogen) atoms. The van der Waals surface area contributed by atoms with E-state index in [1.54, 1.807) is 4.90 Å². The fourth-order valence-corrected chi connectivity index (χ4v) is 2.76. The number of hydrogen-bond acceptors (Lipinski definition) is 2. The van der Waals surface area contributed by atoms with E-state index in [-0.39, 0.29) is 16.7 Å². The second-order valence-electron chi connectivity index (χ2n) is 6.08. The normalized spacial score (nSPS) is 18.9. The molecule has 5 heteroatoms. The lowest BCUT2D eigenvalue weighted by molar-refractivity contribution is -0.137. The molecule has 2 nitrogen and oxygen atoms in total. The number of carbonyl (C=O) groups is 1. The van der Waals surface area contributed by atoms with E-state index in [2.05, 4.69) is 13.8 Å². The molecule has 0 N–H and O–H groups in total. The predicted molar refractivity (Wildman–Crippen MR) is 72.1 cm³/mol. The number of halogens is 3. The van der Waals surface area contributed by atoms with Crippen molar-refractivity contribution in [1.29, 1.82) is 0 Å². The molecule has 0 aliphatic carbocycles. The van der Waals surface area contributed by atoms with Crippen molar-refractivity contribution < 1.29 is 18.0 Å². The maximum absolute atomic E-state index is 13.2. The lowest BCUT2D eigenvalue weighted by Crippen LogP contribution is -2.41. The second-order valence-corrected chi connectivity index (χ2v) is 6.08. The Morgan fingerprint density at radius 3 is 2.55 bits per heavy atom. The minimum absolute atomic E-state index is 0.00441. The number of hydrogen-bond donors (Lipinski definition) is 0. The Morgan fingerprint density at radius 2 is 2.00 bits per heavy atom. The summed E-state index contributed by atoms with van der Waals surface area (Å²) in [5, 5.41) is 0. The highest BCUT2D eigenvalue weighted by molar-refractivity contribution is 5.77. The number of aldehydes is 1. The third-order valence-electron chi connectivity index (χ3n) is 3.70. The van der Waals surface area contributed by atoms with Gasteiger partial charge in [-0.15, -0.1) is 0 Å². The largest absolute Gasteiger partial charge is 0.418 e. The molecule has 1 fully saturated rings. The van der Waals surface area contributed by atoms with E-state index in [4.69, 9.17) is 0 Å². The molecule has 1 aromatic carbocycles. The Morgan fingerprint density at radius 1 is 1.30 bits per heavy atom. The average Bonchev–Trinajstić information content (AvgIpc) is 2.35. The highest BCUT2D eigenvalue weighted by Crippen LogP contribution is 2.40. The van der Waals surface area contributed by atoms with Crippen molar-refractivity contribution >= 4 is 12.0 Å². The molecule has 0 unspecified atom stereocenters. The number of nitrogens with zero attached hydrogens (tertiary/aromatic N) is 1. The molecule has 0 spiro atoms. The number of carbonyl (C=O) groups excluding carboxylic acids is 1. The molecule has 110 valence electrons. The molecule has 2 rings (SSSR count). The molecule has 0 atom stereocenters. The number of rotatable bonds is 2. The van der Waals surface area contributed by atoms with Gasteiger partial charge in [0.1, 0.15) is 6.29 Å². The molecule has 0 bridgehead atoms. The smallest absolute Gasteiger partial charge is 0.371 e. The summed E-state index contributed by atoms with van der Waals surface area (Å²) < 4.78 is 39.5. The summed E-state index contributed by atoms with van der Waals surface area (Å²) in [6.45, 7) is 5.34. The third kappa shape index (κ3) is 3.14. The van der Waals surface area contributed by atoms with Gasteiger partial charge in [0.15, 0.2) is 0 Å². The van der Waals surface area contributed by atoms with Gasteiger partial charge in [-0.1, -0.05) is 13.8 Å². The van der Waals surface area contributed by atoms with Gasteiger partial charge in [0.2, 0.25) is 0 Å². The van der Waals surface area contributed by atoms with E-state index in [0.717, 1.165) is 18.9 Å². The Bertz CT molecular complexity index is 508. The van der Waals surface area contributed by atoms with E-state index in [1.807, 2.05) is 0 Å². The van der Waals surface area contributed by atoms with Crippen LogP contribution in [-0.4, -0.2) is 19.4 Å². The van der Waals surface area contributed by atoms with Crippen molar-refractivity contribution in [1.82, 2.24) is 0 Å². The van der Waals surface area contributed by atoms with Gasteiger partial charge in [-0.2, -0.15) is 13.2 Å². The van der Waals surface area contributed by atoms with Crippen molar-refractivity contribution in [3.63, 3.8) is 0 Å². The summed E-state index contributed by atoms with van der Waals surface area (Å²) in [7, 11) is 0. The lowest BCUT2D eigenvalue weighted by atomic mass is 9.83. The fourth-order valence-electron chi connectivity index (χ4n) is 2.76. The van der Waals surface area contributed by atoms with E-state index in [9.17, 15) is 18.0 Å². The Kier molecular flexibility index (Phi) is 3.80. The van der Waals surface area contributed by atoms with Crippen molar-refractivity contribution in [3.05, 3.63) is 29.3 Å². The van der Waals surface area contributed by atoms with E-state index in [1.165, 1.54) is 12.1 Å². The van der Waals surface area contributed by atoms with Gasteiger partial charge in [-0.3, -0.25) is 4.79 Å². The standard InChI is InChI=1S/C15H18F3NO/c1-14(2)6-3-7-19(10-14)13-5-4-11(9-20)8-12(13)15(16,17)18/h4-5,8-9H,3,6-7,10H2,1-2H3. The molecule has 1 heterocycles. The first kappa shape index (κ1) is 14.9. The molecule has 1 aromatic rings. The van der Waals surface area contributed by atoms with Crippen molar-refractivity contribution in [2.45, 2.75) is 32.9 Å². The highest BCUT2D eigenvalue weighted by Gasteiger charge is 2.37. The topological polar surface area (TPSA) is 20.3 Å². The van der Waals surface area contributed by atoms with E-state index >= 15 is 0 Å². The summed E-state index contributed by atoms with van der Waals surface area (Å²) in [6.07, 6.45) is -2.12. The molecule has 1 saturated heterocycles. The first-order valence-electron chi connectivity index (χ1n) is 6.64. The summed E-state index contributed by atoms with van der Waals surface area (Å²) in [4.78, 5) is 12.5. The summed E-state index contributed by atoms with van der Waals surface area (Å²) >= 11 is 0. The van der Waals surface area contributed by atoms with Gasteiger partial charge in [0, 0.05) is 24.3 Å². The fraction of sp³-hybridized carbons (Fsp3) is 0.533. The zero-order chi connectivity index (χ0) is 15.0. The monoisotopic (exact) mass is 285 g/mol. The van der Waals surface area contributed by atoms with Crippen LogP contribution in [0.3, 0.4) is 0 Å². The van der Waals surface area contributed by atoms with Crippen LogP contribution in [0.5, 0.6) is 0 Å². The van der Waals surface area contributed by atoms with Crippen LogP contribution in [0.2, 0.25) is 0 Å². The van der Waals surface area contributed by atoms with Crippen molar-refractivity contribution in [2.75, 3.05) is 18.0 Å². The van der Waals surface area contributed by atoms with Gasteiger partial charge in [-0.25, -0.2) is 0 Å². The van der Waals surface area contributed by atoms with Crippen molar-refractivity contribution in [3.8, 4) is 0 Å². The van der Waals surface area contributed by atoms with Crippen LogP contribution in [-0.2, 0) is 6.18 Å². The quantitative estimate of drug-likeness (QED) is 0.761. The number of alkyl halides is 3. The average molecular weight is 285 g/mol. The van der Waals surface area contributed by atoms with E-state index in [0.29, 0.717) is 19.4 Å². The van der Waals surface area contributed by atoms with Crippen LogP contribution in [0.1, 0.15) is 42.6 Å². The van der Waals surface area contributed by atoms with Crippen LogP contribution < -0.4 is 4.90 Å². The number of anilines is 1.